The average Bonchev–Trinajstić information content (AvgIpc) is 1.82. The van der Waals surface area contributed by atoms with E-state index in [4.69, 9.17) is 10.2 Å². The molecule has 0 amide bonds. The predicted octanol–water partition coefficient (Wildman–Crippen LogP) is -9.91. The third-order valence-electron chi connectivity index (χ3n) is 1.26. The van der Waals surface area contributed by atoms with Gasteiger partial charge in [-0.15, -0.1) is 0 Å². The quantitative estimate of drug-likeness (QED) is 0.420. The van der Waals surface area contributed by atoms with Gasteiger partial charge in [0.15, 0.2) is 0 Å². The van der Waals surface area contributed by atoms with Gasteiger partial charge in [-0.3, -0.25) is 4.79 Å². The average molecular weight is 456 g/mol. The van der Waals surface area contributed by atoms with Gasteiger partial charge < -0.3 is 30.0 Å². The van der Waals surface area contributed by atoms with Crippen LogP contribution in [0.25, 0.3) is 0 Å². The Balaban J connectivity index is -0.000000720. The van der Waals surface area contributed by atoms with Crippen LogP contribution in [0.1, 0.15) is 12.8 Å². The molecule has 15 heavy (non-hydrogen) atoms. The molecule has 0 radical (unpaired) electrons. The Morgan fingerprint density at radius 1 is 1.07 bits per heavy atom. The van der Waals surface area contributed by atoms with Crippen molar-refractivity contribution in [1.29, 1.82) is 0 Å². The molecule has 9 heteroatoms. The summed E-state index contributed by atoms with van der Waals surface area (Å²) in [6.07, 6.45) is -2.56. The molecule has 0 aliphatic heterocycles. The molecule has 7 nitrogen and oxygen atoms in total. The zero-order valence-corrected chi connectivity index (χ0v) is 20.9. The number of carboxylic acids is 3. The normalized spacial score (nSPS) is 12.6. The molecule has 0 heterocycles. The van der Waals surface area contributed by atoms with E-state index in [2.05, 4.69) is 0 Å². The summed E-state index contributed by atoms with van der Waals surface area (Å²) in [5, 5.41) is 37.2. The van der Waals surface area contributed by atoms with Crippen LogP contribution in [-0.2, 0) is 14.4 Å². The molecule has 0 rings (SSSR count). The summed E-state index contributed by atoms with van der Waals surface area (Å²) in [5.74, 6) is -5.67. The number of aliphatic carboxylic acids is 3. The first-order valence-corrected chi connectivity index (χ1v) is 3.13. The van der Waals surface area contributed by atoms with Crippen LogP contribution in [-0.4, -0.2) is 33.7 Å². The number of carbonyl (C=O) groups is 3. The van der Waals surface area contributed by atoms with E-state index >= 15 is 0 Å². The minimum atomic E-state index is -2.91. The molecule has 74 valence electrons. The second kappa shape index (κ2) is 10.4. The zero-order valence-electron chi connectivity index (χ0n) is 8.35. The number of hydrogen-bond donors (Lipinski definition) is 2. The summed E-state index contributed by atoms with van der Waals surface area (Å²) in [5.41, 5.74) is -2.91. The van der Waals surface area contributed by atoms with E-state index in [0.717, 1.165) is 0 Å². The number of carboxylic acid groups (broad SMARTS) is 3. The number of aliphatic hydroxyl groups is 1. The smallest absolute Gasteiger partial charge is 0.550 e. The van der Waals surface area contributed by atoms with Crippen molar-refractivity contribution in [3.63, 3.8) is 0 Å². The molecule has 0 aromatic carbocycles. The third-order valence-corrected chi connectivity index (χ3v) is 1.26. The van der Waals surface area contributed by atoms with Crippen LogP contribution in [0, 0.1) is 0 Å². The van der Waals surface area contributed by atoms with Crippen molar-refractivity contribution in [2.24, 2.45) is 0 Å². The maximum Gasteiger partial charge on any atom is 1.00 e. The van der Waals surface area contributed by atoms with Gasteiger partial charge in [-0.2, -0.15) is 0 Å². The standard InChI is InChI=1S/C6H8O7.2Cs/c7-3(8)1-6(13,5(11)12)2-4(9)10;;/h13H,1-2H2,(H,7,8)(H,9,10)(H,11,12);;/q;2*+1/p-2. The fourth-order valence-electron chi connectivity index (χ4n) is 0.696. The van der Waals surface area contributed by atoms with Gasteiger partial charge in [-0.05, 0) is 0 Å². The number of hydrogen-bond acceptors (Lipinski definition) is 6. The Bertz CT molecular complexity index is 236. The van der Waals surface area contributed by atoms with Crippen molar-refractivity contribution in [3.05, 3.63) is 0 Å². The minimum Gasteiger partial charge on any atom is -0.550 e. The van der Waals surface area contributed by atoms with Crippen molar-refractivity contribution in [2.45, 2.75) is 18.4 Å². The van der Waals surface area contributed by atoms with E-state index in [1.54, 1.807) is 0 Å². The van der Waals surface area contributed by atoms with Gasteiger partial charge in [-0.1, -0.05) is 0 Å². The van der Waals surface area contributed by atoms with Gasteiger partial charge >= 0.3 is 144 Å². The Morgan fingerprint density at radius 3 is 1.67 bits per heavy atom. The van der Waals surface area contributed by atoms with Gasteiger partial charge in [-0.25, -0.2) is 0 Å². The maximum absolute atomic E-state index is 10.2. The Hall–Kier alpha value is 2.47. The second-order valence-corrected chi connectivity index (χ2v) is 2.44. The van der Waals surface area contributed by atoms with Crippen LogP contribution in [0.15, 0.2) is 0 Å². The summed E-state index contributed by atoms with van der Waals surface area (Å²) in [4.78, 5) is 30.2. The SMILES string of the molecule is O=C([O-])CC(O)(CC(=O)O)C(=O)[O-].[Cs+].[Cs+]. The van der Waals surface area contributed by atoms with Crippen LogP contribution in [0.2, 0.25) is 0 Å². The van der Waals surface area contributed by atoms with Crippen molar-refractivity contribution in [1.82, 2.24) is 0 Å². The first-order valence-electron chi connectivity index (χ1n) is 3.13. The molecule has 0 saturated heterocycles. The summed E-state index contributed by atoms with van der Waals surface area (Å²) in [7, 11) is 0. The van der Waals surface area contributed by atoms with Crippen molar-refractivity contribution < 1.29 is 173 Å². The predicted molar refractivity (Wildman–Crippen MR) is 31.8 cm³/mol. The fraction of sp³-hybridized carbons (Fsp3) is 0.500. The fourth-order valence-corrected chi connectivity index (χ4v) is 0.696. The Labute approximate surface area is 203 Å². The second-order valence-electron chi connectivity index (χ2n) is 2.44. The zero-order chi connectivity index (χ0) is 10.6. The molecule has 2 N–H and O–H groups in total. The van der Waals surface area contributed by atoms with Gasteiger partial charge in [0.2, 0.25) is 0 Å². The minimum absolute atomic E-state index is 0. The van der Waals surface area contributed by atoms with Gasteiger partial charge in [0.1, 0.15) is 5.60 Å². The van der Waals surface area contributed by atoms with E-state index in [9.17, 15) is 24.6 Å². The summed E-state index contributed by atoms with van der Waals surface area (Å²) in [6.45, 7) is 0. The summed E-state index contributed by atoms with van der Waals surface area (Å²) >= 11 is 0. The Kier molecular flexibility index (Phi) is 15.7. The van der Waals surface area contributed by atoms with E-state index in [-0.39, 0.29) is 138 Å². The van der Waals surface area contributed by atoms with Crippen LogP contribution >= 0.6 is 0 Å². The van der Waals surface area contributed by atoms with Crippen molar-refractivity contribution in [2.75, 3.05) is 0 Å². The molecule has 1 unspecified atom stereocenters. The molecule has 0 fully saturated rings. The summed E-state index contributed by atoms with van der Waals surface area (Å²) in [6, 6.07) is 0. The monoisotopic (exact) mass is 456 g/mol. The molecule has 0 aliphatic carbocycles. The number of rotatable bonds is 5. The molecule has 0 aromatic heterocycles. The molecule has 0 aliphatic rings. The van der Waals surface area contributed by atoms with Gasteiger partial charge in [0, 0.05) is 12.4 Å². The van der Waals surface area contributed by atoms with Crippen molar-refractivity contribution >= 4 is 17.9 Å². The molecule has 0 aromatic rings. The third kappa shape index (κ3) is 10.1. The van der Waals surface area contributed by atoms with E-state index in [0.29, 0.717) is 0 Å². The topological polar surface area (TPSA) is 138 Å². The first-order chi connectivity index (χ1) is 5.78. The van der Waals surface area contributed by atoms with E-state index in [1.807, 2.05) is 0 Å². The van der Waals surface area contributed by atoms with Gasteiger partial charge in [0.25, 0.3) is 0 Å². The van der Waals surface area contributed by atoms with Crippen LogP contribution in [0.3, 0.4) is 0 Å². The van der Waals surface area contributed by atoms with Crippen LogP contribution in [0.4, 0.5) is 0 Å². The number of carbonyl (C=O) groups excluding carboxylic acids is 2. The van der Waals surface area contributed by atoms with Crippen molar-refractivity contribution in [3.8, 4) is 0 Å². The summed E-state index contributed by atoms with van der Waals surface area (Å²) < 4.78 is 0. The molecule has 0 saturated carbocycles. The van der Waals surface area contributed by atoms with Crippen LogP contribution < -0.4 is 148 Å². The molecular formula is C6H6Cs2O7. The largest absolute Gasteiger partial charge is 1.00 e. The van der Waals surface area contributed by atoms with Crippen LogP contribution in [0.5, 0.6) is 0 Å². The van der Waals surface area contributed by atoms with Gasteiger partial charge in [0.05, 0.1) is 12.4 Å². The first kappa shape index (κ1) is 22.6. The Morgan fingerprint density at radius 2 is 1.47 bits per heavy atom. The van der Waals surface area contributed by atoms with E-state index < -0.39 is 36.4 Å². The molecule has 0 bridgehead atoms. The molecule has 1 atom stereocenters. The maximum atomic E-state index is 10.2. The van der Waals surface area contributed by atoms with E-state index in [1.165, 1.54) is 0 Å². The molecule has 0 spiro atoms. The molecular weight excluding hydrogens is 450 g/mol.